The zero-order valence-electron chi connectivity index (χ0n) is 26.0. The highest BCUT2D eigenvalue weighted by Gasteiger charge is 2.36. The van der Waals surface area contributed by atoms with Crippen molar-refractivity contribution in [2.45, 2.75) is 46.1 Å². The number of carbonyl (C=O) groups is 1. The van der Waals surface area contributed by atoms with Crippen LogP contribution in [0.5, 0.6) is 11.5 Å². The first kappa shape index (κ1) is 29.4. The van der Waals surface area contributed by atoms with Gasteiger partial charge < -0.3 is 19.7 Å². The Labute approximate surface area is 258 Å². The van der Waals surface area contributed by atoms with Crippen LogP contribution in [0, 0.1) is 13.8 Å². The molecule has 1 saturated heterocycles. The highest BCUT2D eigenvalue weighted by atomic mass is 16.5. The third kappa shape index (κ3) is 5.77. The van der Waals surface area contributed by atoms with Gasteiger partial charge in [-0.05, 0) is 101 Å². The zero-order valence-corrected chi connectivity index (χ0v) is 26.0. The van der Waals surface area contributed by atoms with Gasteiger partial charge in [-0.2, -0.15) is 4.98 Å². The number of methoxy groups -OCH3 is 1. The largest absolute Gasteiger partial charge is 0.495 e. The summed E-state index contributed by atoms with van der Waals surface area (Å²) in [6.45, 7) is 9.07. The fourth-order valence-corrected chi connectivity index (χ4v) is 6.08. The van der Waals surface area contributed by atoms with Gasteiger partial charge in [-0.15, -0.1) is 0 Å². The Morgan fingerprint density at radius 3 is 2.45 bits per heavy atom. The number of aryl methyl sites for hydroxylation is 2. The molecule has 0 radical (unpaired) electrons. The van der Waals surface area contributed by atoms with Gasteiger partial charge in [0, 0.05) is 11.8 Å². The van der Waals surface area contributed by atoms with Crippen LogP contribution in [-0.4, -0.2) is 59.7 Å². The maximum atomic E-state index is 14.2. The highest BCUT2D eigenvalue weighted by Crippen LogP contribution is 2.39. The molecule has 6 rings (SSSR count). The van der Waals surface area contributed by atoms with Gasteiger partial charge in [0.1, 0.15) is 17.3 Å². The number of urea groups is 1. The highest BCUT2D eigenvalue weighted by molar-refractivity contribution is 6.10. The smallest absolute Gasteiger partial charge is 0.336 e. The van der Waals surface area contributed by atoms with Crippen molar-refractivity contribution in [2.75, 3.05) is 49.0 Å². The Bertz CT molecular complexity index is 1630. The molecular weight excluding hydrogens is 554 g/mol. The van der Waals surface area contributed by atoms with Gasteiger partial charge in [0.25, 0.3) is 0 Å². The van der Waals surface area contributed by atoms with E-state index < -0.39 is 0 Å². The normalized spacial score (nSPS) is 15.7. The number of hydrogen-bond donors (Lipinski definition) is 1. The molecule has 2 aliphatic heterocycles. The second kappa shape index (κ2) is 12.5. The number of para-hydroxylation sites is 1. The topological polar surface area (TPSA) is 96.0 Å². The van der Waals surface area contributed by atoms with Crippen LogP contribution in [0.4, 0.5) is 33.8 Å². The van der Waals surface area contributed by atoms with E-state index in [2.05, 4.69) is 39.4 Å². The Balaban J connectivity index is 1.36. The molecule has 2 aromatic carbocycles. The summed E-state index contributed by atoms with van der Waals surface area (Å²) in [5.41, 5.74) is 5.75. The molecular formula is C34H39N7O3. The summed E-state index contributed by atoms with van der Waals surface area (Å²) in [5, 5.41) is 3.36. The van der Waals surface area contributed by atoms with Crippen molar-refractivity contribution in [3.63, 3.8) is 0 Å². The van der Waals surface area contributed by atoms with Gasteiger partial charge in [-0.1, -0.05) is 24.3 Å². The van der Waals surface area contributed by atoms with Crippen molar-refractivity contribution in [1.29, 1.82) is 0 Å². The van der Waals surface area contributed by atoms with Crippen molar-refractivity contribution < 1.29 is 14.3 Å². The van der Waals surface area contributed by atoms with Crippen molar-refractivity contribution in [3.05, 3.63) is 83.2 Å². The predicted molar refractivity (Wildman–Crippen MR) is 173 cm³/mol. The Kier molecular flexibility index (Phi) is 8.34. The number of ether oxygens (including phenoxy) is 2. The third-order valence-corrected chi connectivity index (χ3v) is 8.44. The summed E-state index contributed by atoms with van der Waals surface area (Å²) in [7, 11) is 3.76. The molecule has 2 aliphatic rings. The van der Waals surface area contributed by atoms with Crippen LogP contribution in [0.15, 0.2) is 60.9 Å². The second-order valence-electron chi connectivity index (χ2n) is 11.4. The number of aromatic nitrogens is 3. The number of likely N-dealkylation sites (tertiary alicyclic amines) is 1. The van der Waals surface area contributed by atoms with Crippen LogP contribution in [-0.2, 0) is 6.54 Å². The Hall–Kier alpha value is -4.70. The summed E-state index contributed by atoms with van der Waals surface area (Å²) in [4.78, 5) is 34.0. The van der Waals surface area contributed by atoms with E-state index in [-0.39, 0.29) is 6.03 Å². The number of benzene rings is 2. The van der Waals surface area contributed by atoms with Crippen LogP contribution in [0.2, 0.25) is 0 Å². The lowest BCUT2D eigenvalue weighted by atomic mass is 9.89. The van der Waals surface area contributed by atoms with Gasteiger partial charge in [-0.3, -0.25) is 4.90 Å². The van der Waals surface area contributed by atoms with Gasteiger partial charge in [0.05, 0.1) is 37.8 Å². The Morgan fingerprint density at radius 1 is 1.00 bits per heavy atom. The number of anilines is 5. The summed E-state index contributed by atoms with van der Waals surface area (Å²) in [6, 6.07) is 15.7. The molecule has 4 heterocycles. The van der Waals surface area contributed by atoms with E-state index >= 15 is 0 Å². The molecule has 2 amide bonds. The number of amides is 2. The number of piperidine rings is 1. The summed E-state index contributed by atoms with van der Waals surface area (Å²) >= 11 is 0. The number of nitrogens with one attached hydrogen (secondary N) is 1. The molecule has 0 spiro atoms. The maximum Gasteiger partial charge on any atom is 0.336 e. The van der Waals surface area contributed by atoms with Crippen LogP contribution >= 0.6 is 0 Å². The van der Waals surface area contributed by atoms with Crippen LogP contribution in [0.3, 0.4) is 0 Å². The van der Waals surface area contributed by atoms with Crippen molar-refractivity contribution in [1.82, 2.24) is 19.9 Å². The first-order valence-corrected chi connectivity index (χ1v) is 15.1. The standard InChI is InChI=1S/C34H39N7O3/c1-6-44-29-18-25(24-14-16-39(4)17-15-24)10-12-28(29)37-33-36-19-26-21-40(31-22(2)8-7-9-23(31)3)34(42)41(32(26)38-33)30-13-11-27(43-5)20-35-30/h7-13,18-20,24H,6,14-17,21H2,1-5H3,(H,36,37,38). The van der Waals surface area contributed by atoms with E-state index in [4.69, 9.17) is 14.5 Å². The number of pyridine rings is 1. The van der Waals surface area contributed by atoms with Gasteiger partial charge in [0.2, 0.25) is 5.95 Å². The van der Waals surface area contributed by atoms with E-state index in [0.717, 1.165) is 59.7 Å². The van der Waals surface area contributed by atoms with Crippen molar-refractivity contribution in [3.8, 4) is 11.5 Å². The monoisotopic (exact) mass is 593 g/mol. The van der Waals surface area contributed by atoms with E-state index in [1.54, 1.807) is 41.4 Å². The molecule has 1 fully saturated rings. The lowest BCUT2D eigenvalue weighted by molar-refractivity contribution is 0.252. The molecule has 10 nitrogen and oxygen atoms in total. The number of hydrogen-bond acceptors (Lipinski definition) is 8. The molecule has 1 N–H and O–H groups in total. The molecule has 44 heavy (non-hydrogen) atoms. The lowest BCUT2D eigenvalue weighted by Gasteiger charge is -2.36. The summed E-state index contributed by atoms with van der Waals surface area (Å²) in [6.07, 6.45) is 5.64. The fourth-order valence-electron chi connectivity index (χ4n) is 6.08. The third-order valence-electron chi connectivity index (χ3n) is 8.44. The van der Waals surface area contributed by atoms with E-state index in [0.29, 0.717) is 42.4 Å². The van der Waals surface area contributed by atoms with Gasteiger partial charge in [-0.25, -0.2) is 19.7 Å². The van der Waals surface area contributed by atoms with Crippen molar-refractivity contribution in [2.24, 2.45) is 0 Å². The molecule has 0 aliphatic carbocycles. The molecule has 0 saturated carbocycles. The molecule has 2 aromatic heterocycles. The van der Waals surface area contributed by atoms with Gasteiger partial charge in [0.15, 0.2) is 5.82 Å². The average molecular weight is 594 g/mol. The first-order valence-electron chi connectivity index (χ1n) is 15.1. The molecule has 0 bridgehead atoms. The van der Waals surface area contributed by atoms with E-state index in [9.17, 15) is 4.79 Å². The number of rotatable bonds is 8. The predicted octanol–water partition coefficient (Wildman–Crippen LogP) is 6.73. The number of fused-ring (bicyclic) bond motifs is 1. The zero-order chi connectivity index (χ0) is 30.8. The van der Waals surface area contributed by atoms with E-state index in [1.807, 2.05) is 45.0 Å². The minimum atomic E-state index is -0.241. The van der Waals surface area contributed by atoms with Crippen molar-refractivity contribution >= 4 is 35.0 Å². The minimum Gasteiger partial charge on any atom is -0.495 e. The summed E-state index contributed by atoms with van der Waals surface area (Å²) in [5.74, 6) is 3.15. The van der Waals surface area contributed by atoms with Crippen LogP contribution in [0.1, 0.15) is 47.9 Å². The lowest BCUT2D eigenvalue weighted by Crippen LogP contribution is -2.46. The molecule has 0 unspecified atom stereocenters. The molecule has 0 atom stereocenters. The molecule has 10 heteroatoms. The number of nitrogens with zero attached hydrogens (tertiary/aromatic N) is 6. The number of carbonyl (C=O) groups excluding carboxylic acids is 1. The molecule has 4 aromatic rings. The van der Waals surface area contributed by atoms with Crippen LogP contribution < -0.4 is 24.6 Å². The van der Waals surface area contributed by atoms with Gasteiger partial charge >= 0.3 is 6.03 Å². The fraction of sp³-hybridized carbons (Fsp3) is 0.353. The Morgan fingerprint density at radius 2 is 1.77 bits per heavy atom. The average Bonchev–Trinajstić information content (AvgIpc) is 3.03. The first-order chi connectivity index (χ1) is 21.4. The minimum absolute atomic E-state index is 0.241. The SMILES string of the molecule is CCOc1cc(C2CCN(C)CC2)ccc1Nc1ncc2c(n1)N(c1ccc(OC)cn1)C(=O)N(c1c(C)cccc1C)C2. The second-order valence-corrected chi connectivity index (χ2v) is 11.4. The molecule has 228 valence electrons. The maximum absolute atomic E-state index is 14.2. The van der Waals surface area contributed by atoms with E-state index in [1.165, 1.54) is 5.56 Å². The summed E-state index contributed by atoms with van der Waals surface area (Å²) < 4.78 is 11.4. The van der Waals surface area contributed by atoms with Crippen LogP contribution in [0.25, 0.3) is 0 Å². The quantitative estimate of drug-likeness (QED) is 0.240.